The summed E-state index contributed by atoms with van der Waals surface area (Å²) in [6.45, 7) is 3.47. The van der Waals surface area contributed by atoms with Crippen LogP contribution in [0.2, 0.25) is 0 Å². The highest BCUT2D eigenvalue weighted by Crippen LogP contribution is 1.80. The van der Waals surface area contributed by atoms with Crippen LogP contribution in [-0.2, 0) is 0 Å². The molecule has 0 aliphatic heterocycles. The molecule has 0 aromatic carbocycles. The van der Waals surface area contributed by atoms with Crippen molar-refractivity contribution < 1.29 is 0 Å². The fourth-order valence-electron chi connectivity index (χ4n) is 0.0772. The van der Waals surface area contributed by atoms with E-state index in [0.717, 1.165) is 6.42 Å². The predicted octanol–water partition coefficient (Wildman–Crippen LogP) is 2.40. The van der Waals surface area contributed by atoms with Crippen molar-refractivity contribution in [3.63, 3.8) is 0 Å². The SMILES string of the molecule is C=CCCCl.CN(C)C.Cl. The van der Waals surface area contributed by atoms with Gasteiger partial charge in [0.1, 0.15) is 0 Å². The van der Waals surface area contributed by atoms with E-state index in [4.69, 9.17) is 11.6 Å². The minimum Gasteiger partial charge on any atom is -0.312 e. The van der Waals surface area contributed by atoms with E-state index in [-0.39, 0.29) is 12.4 Å². The first-order valence-corrected chi connectivity index (χ1v) is 3.46. The molecule has 3 heteroatoms. The molecule has 0 rings (SSSR count). The van der Waals surface area contributed by atoms with Gasteiger partial charge in [-0.05, 0) is 27.6 Å². The molecule has 0 amide bonds. The maximum absolute atomic E-state index is 5.23. The van der Waals surface area contributed by atoms with Crippen molar-refractivity contribution >= 4 is 24.0 Å². The normalized spacial score (nSPS) is 7.30. The number of hydrogen-bond donors (Lipinski definition) is 0. The molecule has 0 spiro atoms. The largest absolute Gasteiger partial charge is 0.312 e. The van der Waals surface area contributed by atoms with Crippen LogP contribution >= 0.6 is 24.0 Å². The summed E-state index contributed by atoms with van der Waals surface area (Å²) in [7, 11) is 6.00. The smallest absolute Gasteiger partial charge is 0.0257 e. The number of nitrogens with zero attached hydrogens (tertiary/aromatic N) is 1. The van der Waals surface area contributed by atoms with Gasteiger partial charge in [-0.15, -0.1) is 30.6 Å². The first-order chi connectivity index (χ1) is 4.15. The minimum absolute atomic E-state index is 0. The van der Waals surface area contributed by atoms with E-state index < -0.39 is 0 Å². The van der Waals surface area contributed by atoms with Crippen molar-refractivity contribution in [1.82, 2.24) is 4.90 Å². The standard InChI is InChI=1S/C4H7Cl.C3H9N.ClH/c1-2-3-4-5;1-4(2)3;/h2H,1,3-4H2;1-3H3;1H. The highest BCUT2D eigenvalue weighted by Gasteiger charge is 1.64. The van der Waals surface area contributed by atoms with E-state index in [0.29, 0.717) is 5.88 Å². The topological polar surface area (TPSA) is 3.24 Å². The second-order valence-electron chi connectivity index (χ2n) is 2.11. The van der Waals surface area contributed by atoms with Gasteiger partial charge in [0.05, 0.1) is 0 Å². The van der Waals surface area contributed by atoms with Gasteiger partial charge in [0, 0.05) is 5.88 Å². The van der Waals surface area contributed by atoms with E-state index in [1.54, 1.807) is 6.08 Å². The maximum atomic E-state index is 5.23. The zero-order chi connectivity index (χ0) is 7.70. The van der Waals surface area contributed by atoms with Gasteiger partial charge in [-0.2, -0.15) is 0 Å². The average Bonchev–Trinajstić information content (AvgIpc) is 1.66. The van der Waals surface area contributed by atoms with E-state index in [9.17, 15) is 0 Å². The third-order valence-corrected chi connectivity index (χ3v) is 0.531. The van der Waals surface area contributed by atoms with Crippen LogP contribution in [0.4, 0.5) is 0 Å². The summed E-state index contributed by atoms with van der Waals surface area (Å²) in [5, 5.41) is 0. The summed E-state index contributed by atoms with van der Waals surface area (Å²) in [4.78, 5) is 2.00. The number of halogens is 2. The Morgan fingerprint density at radius 2 is 1.70 bits per heavy atom. The molecule has 1 nitrogen and oxygen atoms in total. The minimum atomic E-state index is 0. The molecule has 0 saturated carbocycles. The van der Waals surface area contributed by atoms with Crippen LogP contribution in [0, 0.1) is 0 Å². The fourth-order valence-corrected chi connectivity index (χ4v) is 0.231. The zero-order valence-corrected chi connectivity index (χ0v) is 8.50. The molecular weight excluding hydrogens is 169 g/mol. The van der Waals surface area contributed by atoms with Crippen molar-refractivity contribution in [2.75, 3.05) is 27.0 Å². The van der Waals surface area contributed by atoms with E-state index >= 15 is 0 Å². The van der Waals surface area contributed by atoms with Crippen molar-refractivity contribution in [3.8, 4) is 0 Å². The molecule has 0 fully saturated rings. The van der Waals surface area contributed by atoms with E-state index in [1.165, 1.54) is 0 Å². The molecule has 0 aromatic heterocycles. The third-order valence-electron chi connectivity index (χ3n) is 0.313. The molecule has 0 aliphatic carbocycles. The molecular formula is C7H17Cl2N. The van der Waals surface area contributed by atoms with E-state index in [1.807, 2.05) is 26.0 Å². The zero-order valence-electron chi connectivity index (χ0n) is 6.93. The van der Waals surface area contributed by atoms with Gasteiger partial charge in [-0.1, -0.05) is 6.08 Å². The molecule has 64 valence electrons. The summed E-state index contributed by atoms with van der Waals surface area (Å²) in [5.41, 5.74) is 0. The second-order valence-corrected chi connectivity index (χ2v) is 2.49. The Morgan fingerprint density at radius 1 is 1.40 bits per heavy atom. The van der Waals surface area contributed by atoms with E-state index in [2.05, 4.69) is 6.58 Å². The monoisotopic (exact) mass is 185 g/mol. The Balaban J connectivity index is -0.0000000910. The van der Waals surface area contributed by atoms with Gasteiger partial charge in [-0.3, -0.25) is 0 Å². The first-order valence-electron chi connectivity index (χ1n) is 2.93. The van der Waals surface area contributed by atoms with Gasteiger partial charge < -0.3 is 4.90 Å². The van der Waals surface area contributed by atoms with Gasteiger partial charge >= 0.3 is 0 Å². The van der Waals surface area contributed by atoms with Crippen LogP contribution < -0.4 is 0 Å². The quantitative estimate of drug-likeness (QED) is 0.472. The molecule has 0 unspecified atom stereocenters. The highest BCUT2D eigenvalue weighted by molar-refractivity contribution is 6.17. The molecule has 0 heterocycles. The average molecular weight is 186 g/mol. The fraction of sp³-hybridized carbons (Fsp3) is 0.714. The van der Waals surface area contributed by atoms with Crippen LogP contribution in [-0.4, -0.2) is 31.9 Å². The number of alkyl halides is 1. The maximum Gasteiger partial charge on any atom is 0.0257 e. The molecule has 0 radical (unpaired) electrons. The van der Waals surface area contributed by atoms with Crippen molar-refractivity contribution in [1.29, 1.82) is 0 Å². The number of allylic oxidation sites excluding steroid dienone is 1. The van der Waals surface area contributed by atoms with Crippen LogP contribution in [0.5, 0.6) is 0 Å². The lowest BCUT2D eigenvalue weighted by molar-refractivity contribution is 0.505. The van der Waals surface area contributed by atoms with Crippen LogP contribution in [0.1, 0.15) is 6.42 Å². The summed E-state index contributed by atoms with van der Waals surface area (Å²) < 4.78 is 0. The van der Waals surface area contributed by atoms with Crippen LogP contribution in [0.25, 0.3) is 0 Å². The van der Waals surface area contributed by atoms with Gasteiger partial charge in [-0.25, -0.2) is 0 Å². The lowest BCUT2D eigenvalue weighted by Gasteiger charge is -1.90. The first kappa shape index (κ1) is 16.7. The molecule has 0 N–H and O–H groups in total. The van der Waals surface area contributed by atoms with Crippen molar-refractivity contribution in [2.45, 2.75) is 6.42 Å². The Hall–Kier alpha value is 0.280. The molecule has 0 aromatic rings. The van der Waals surface area contributed by atoms with Crippen LogP contribution in [0.3, 0.4) is 0 Å². The summed E-state index contributed by atoms with van der Waals surface area (Å²) >= 11 is 5.23. The summed E-state index contributed by atoms with van der Waals surface area (Å²) in [6, 6.07) is 0. The number of rotatable bonds is 2. The van der Waals surface area contributed by atoms with Crippen molar-refractivity contribution in [3.05, 3.63) is 12.7 Å². The van der Waals surface area contributed by atoms with Crippen molar-refractivity contribution in [2.24, 2.45) is 0 Å². The Morgan fingerprint density at radius 3 is 1.70 bits per heavy atom. The van der Waals surface area contributed by atoms with Crippen LogP contribution in [0.15, 0.2) is 12.7 Å². The van der Waals surface area contributed by atoms with Gasteiger partial charge in [0.25, 0.3) is 0 Å². The van der Waals surface area contributed by atoms with Gasteiger partial charge in [0.2, 0.25) is 0 Å². The predicted molar refractivity (Wildman–Crippen MR) is 52.4 cm³/mol. The third kappa shape index (κ3) is 84.4. The molecule has 0 aliphatic rings. The van der Waals surface area contributed by atoms with Gasteiger partial charge in [0.15, 0.2) is 0 Å². The number of hydrogen-bond acceptors (Lipinski definition) is 1. The lowest BCUT2D eigenvalue weighted by atomic mass is 10.5. The Labute approximate surface area is 75.5 Å². The molecule has 0 bridgehead atoms. The second kappa shape index (κ2) is 16.1. The Kier molecular flexibility index (Phi) is 26.9. The molecule has 0 saturated heterocycles. The summed E-state index contributed by atoms with van der Waals surface area (Å²) in [6.07, 6.45) is 2.72. The molecule has 0 atom stereocenters. The lowest BCUT2D eigenvalue weighted by Crippen LogP contribution is -1.99. The Bertz CT molecular complexity index is 52.8. The summed E-state index contributed by atoms with van der Waals surface area (Å²) in [5.74, 6) is 0.698. The molecule has 10 heavy (non-hydrogen) atoms. The highest BCUT2D eigenvalue weighted by atomic mass is 35.5.